The van der Waals surface area contributed by atoms with Gasteiger partial charge in [-0.05, 0) is 53.6 Å². The molecular weight excluding hydrogens is 403 g/mol. The molecule has 4 nitrogen and oxygen atoms in total. The van der Waals surface area contributed by atoms with Gasteiger partial charge >= 0.3 is 5.69 Å². The van der Waals surface area contributed by atoms with Crippen molar-refractivity contribution in [2.45, 2.75) is 0 Å². The van der Waals surface area contributed by atoms with E-state index in [1.54, 1.807) is 60.8 Å². The number of rotatable bonds is 5. The number of carbonyl (C=O) groups excluding carboxylic acids is 1. The highest BCUT2D eigenvalue weighted by Gasteiger charge is 2.09. The molecule has 1 N–H and O–H groups in total. The smallest absolute Gasteiger partial charge is 0.305 e. The van der Waals surface area contributed by atoms with E-state index in [4.69, 9.17) is 11.6 Å². The molecule has 0 unspecified atom stereocenters. The van der Waals surface area contributed by atoms with Crippen LogP contribution in [0.3, 0.4) is 0 Å². The molecule has 148 valence electrons. The molecular formula is C24H16ClFN2O2. The average molecular weight is 419 g/mol. The molecule has 0 aliphatic heterocycles. The van der Waals surface area contributed by atoms with Crippen molar-refractivity contribution in [1.29, 1.82) is 0 Å². The standard InChI is InChI=1S/C24H16ClFN2O2/c25-19-9-7-17(8-10-19)22-15-28(24(30)27-22)21-3-1-2-18(14-21)23(29)13-6-16-4-11-20(26)12-5-16/h1-15H,(H,27,30). The van der Waals surface area contributed by atoms with E-state index in [1.807, 2.05) is 12.1 Å². The molecule has 30 heavy (non-hydrogen) atoms. The van der Waals surface area contributed by atoms with Crippen LogP contribution in [0.5, 0.6) is 0 Å². The van der Waals surface area contributed by atoms with Crippen LogP contribution in [0, 0.1) is 5.82 Å². The molecule has 1 heterocycles. The highest BCUT2D eigenvalue weighted by Crippen LogP contribution is 2.20. The number of aromatic nitrogens is 2. The maximum atomic E-state index is 13.0. The summed E-state index contributed by atoms with van der Waals surface area (Å²) in [5.41, 5.74) is 2.88. The average Bonchev–Trinajstić information content (AvgIpc) is 3.15. The molecule has 0 fully saturated rings. The minimum absolute atomic E-state index is 0.220. The number of halogens is 2. The lowest BCUT2D eigenvalue weighted by Gasteiger charge is -2.03. The van der Waals surface area contributed by atoms with E-state index >= 15 is 0 Å². The van der Waals surface area contributed by atoms with Crippen molar-refractivity contribution in [1.82, 2.24) is 9.55 Å². The quantitative estimate of drug-likeness (QED) is 0.342. The molecule has 4 rings (SSSR count). The van der Waals surface area contributed by atoms with Crippen LogP contribution in [0.2, 0.25) is 5.02 Å². The molecule has 0 bridgehead atoms. The fraction of sp³-hybridized carbons (Fsp3) is 0. The number of hydrogen-bond acceptors (Lipinski definition) is 2. The van der Waals surface area contributed by atoms with E-state index in [0.717, 1.165) is 11.1 Å². The van der Waals surface area contributed by atoms with E-state index in [9.17, 15) is 14.0 Å². The minimum atomic E-state index is -0.332. The number of allylic oxidation sites excluding steroid dienone is 1. The highest BCUT2D eigenvalue weighted by molar-refractivity contribution is 6.30. The summed E-state index contributed by atoms with van der Waals surface area (Å²) in [5.74, 6) is -0.552. The molecule has 0 saturated carbocycles. The summed E-state index contributed by atoms with van der Waals surface area (Å²) in [7, 11) is 0. The summed E-state index contributed by atoms with van der Waals surface area (Å²) < 4.78 is 14.4. The van der Waals surface area contributed by atoms with Crippen molar-refractivity contribution in [3.63, 3.8) is 0 Å². The number of nitrogens with zero attached hydrogens (tertiary/aromatic N) is 1. The van der Waals surface area contributed by atoms with E-state index in [0.29, 0.717) is 22.0 Å². The SMILES string of the molecule is O=C(C=Cc1ccc(F)cc1)c1cccc(-n2cc(-c3ccc(Cl)cc3)[nH]c2=O)c1. The first-order valence-electron chi connectivity index (χ1n) is 9.16. The lowest BCUT2D eigenvalue weighted by atomic mass is 10.1. The molecule has 0 spiro atoms. The van der Waals surface area contributed by atoms with Crippen LogP contribution in [0.15, 0.2) is 89.9 Å². The van der Waals surface area contributed by atoms with Crippen LogP contribution in [0.1, 0.15) is 15.9 Å². The third-order valence-electron chi connectivity index (χ3n) is 4.58. The number of ketones is 1. The molecule has 1 aromatic heterocycles. The molecule has 0 amide bonds. The zero-order valence-electron chi connectivity index (χ0n) is 15.7. The van der Waals surface area contributed by atoms with Crippen LogP contribution >= 0.6 is 11.6 Å². The third-order valence-corrected chi connectivity index (χ3v) is 4.83. The van der Waals surface area contributed by atoms with Crippen LogP contribution < -0.4 is 5.69 Å². The highest BCUT2D eigenvalue weighted by atomic mass is 35.5. The predicted octanol–water partition coefficient (Wildman–Crippen LogP) is 5.52. The Kier molecular flexibility index (Phi) is 5.46. The van der Waals surface area contributed by atoms with E-state index in [-0.39, 0.29) is 17.3 Å². The number of H-pyrrole nitrogens is 1. The van der Waals surface area contributed by atoms with E-state index in [1.165, 1.54) is 22.8 Å². The normalized spacial score (nSPS) is 11.1. The second-order valence-electron chi connectivity index (χ2n) is 6.65. The van der Waals surface area contributed by atoms with Gasteiger partial charge in [0.2, 0.25) is 0 Å². The van der Waals surface area contributed by atoms with Crippen molar-refractivity contribution >= 4 is 23.5 Å². The molecule has 0 aliphatic carbocycles. The van der Waals surface area contributed by atoms with Gasteiger partial charge in [0.15, 0.2) is 5.78 Å². The zero-order valence-corrected chi connectivity index (χ0v) is 16.4. The Morgan fingerprint density at radius 3 is 2.47 bits per heavy atom. The van der Waals surface area contributed by atoms with Gasteiger partial charge < -0.3 is 4.98 Å². The third kappa shape index (κ3) is 4.31. The topological polar surface area (TPSA) is 54.9 Å². The van der Waals surface area contributed by atoms with Gasteiger partial charge in [0.25, 0.3) is 0 Å². The Morgan fingerprint density at radius 2 is 1.73 bits per heavy atom. The lowest BCUT2D eigenvalue weighted by molar-refractivity contribution is 0.104. The summed E-state index contributed by atoms with van der Waals surface area (Å²) in [5, 5.41) is 0.612. The van der Waals surface area contributed by atoms with Gasteiger partial charge in [0.1, 0.15) is 5.82 Å². The molecule has 4 aromatic rings. The lowest BCUT2D eigenvalue weighted by Crippen LogP contribution is -2.14. The first-order valence-corrected chi connectivity index (χ1v) is 9.53. The number of hydrogen-bond donors (Lipinski definition) is 1. The van der Waals surface area contributed by atoms with Crippen LogP contribution in [0.4, 0.5) is 4.39 Å². The number of benzene rings is 3. The number of carbonyl (C=O) groups is 1. The van der Waals surface area contributed by atoms with E-state index < -0.39 is 0 Å². The van der Waals surface area contributed by atoms with Crippen molar-refractivity contribution in [2.75, 3.05) is 0 Å². The molecule has 0 radical (unpaired) electrons. The monoisotopic (exact) mass is 418 g/mol. The summed E-state index contributed by atoms with van der Waals surface area (Å²) in [6.07, 6.45) is 4.73. The van der Waals surface area contributed by atoms with Gasteiger partial charge in [-0.25, -0.2) is 9.18 Å². The van der Waals surface area contributed by atoms with Crippen molar-refractivity contribution in [3.8, 4) is 16.9 Å². The first-order chi connectivity index (χ1) is 14.5. The zero-order chi connectivity index (χ0) is 21.1. The maximum absolute atomic E-state index is 13.0. The van der Waals surface area contributed by atoms with Gasteiger partial charge in [0.05, 0.1) is 11.4 Å². The Balaban J connectivity index is 1.60. The van der Waals surface area contributed by atoms with Crippen molar-refractivity contribution in [2.24, 2.45) is 0 Å². The van der Waals surface area contributed by atoms with Gasteiger partial charge in [0, 0.05) is 16.8 Å². The predicted molar refractivity (Wildman–Crippen MR) is 117 cm³/mol. The summed E-state index contributed by atoms with van der Waals surface area (Å²) in [4.78, 5) is 27.8. The fourth-order valence-electron chi connectivity index (χ4n) is 3.01. The maximum Gasteiger partial charge on any atom is 0.330 e. The first kappa shape index (κ1) is 19.6. The Labute approximate surface area is 176 Å². The van der Waals surface area contributed by atoms with Crippen molar-refractivity contribution in [3.05, 3.63) is 118 Å². The largest absolute Gasteiger partial charge is 0.330 e. The number of imidazole rings is 1. The molecule has 0 saturated heterocycles. The summed E-state index contributed by atoms with van der Waals surface area (Å²) in [6.45, 7) is 0. The Bertz CT molecular complexity index is 1290. The van der Waals surface area contributed by atoms with Gasteiger partial charge in [-0.2, -0.15) is 0 Å². The van der Waals surface area contributed by atoms with Crippen LogP contribution in [0.25, 0.3) is 23.0 Å². The van der Waals surface area contributed by atoms with Crippen molar-refractivity contribution < 1.29 is 9.18 Å². The second kappa shape index (κ2) is 8.35. The van der Waals surface area contributed by atoms with Gasteiger partial charge in [-0.3, -0.25) is 9.36 Å². The van der Waals surface area contributed by atoms with Gasteiger partial charge in [-0.1, -0.05) is 54.1 Å². The molecule has 0 aliphatic rings. The molecule has 3 aromatic carbocycles. The van der Waals surface area contributed by atoms with E-state index in [2.05, 4.69) is 4.98 Å². The number of aromatic amines is 1. The Hall–Kier alpha value is -3.70. The fourth-order valence-corrected chi connectivity index (χ4v) is 3.14. The minimum Gasteiger partial charge on any atom is -0.305 e. The summed E-state index contributed by atoms with van der Waals surface area (Å²) in [6, 6.07) is 19.8. The second-order valence-corrected chi connectivity index (χ2v) is 7.09. The van der Waals surface area contributed by atoms with Crippen LogP contribution in [-0.4, -0.2) is 15.3 Å². The van der Waals surface area contributed by atoms with Gasteiger partial charge in [-0.15, -0.1) is 0 Å². The molecule has 0 atom stereocenters. The summed E-state index contributed by atoms with van der Waals surface area (Å²) >= 11 is 5.92. The number of nitrogens with one attached hydrogen (secondary N) is 1. The molecule has 6 heteroatoms. The Morgan fingerprint density at radius 1 is 1.00 bits per heavy atom. The van der Waals surface area contributed by atoms with Crippen LogP contribution in [-0.2, 0) is 0 Å².